The smallest absolute Gasteiger partial charge is 0.182 e. The molecule has 0 amide bonds. The summed E-state index contributed by atoms with van der Waals surface area (Å²) < 4.78 is 25.4. The average molecular weight is 340 g/mol. The molecule has 0 spiro atoms. The summed E-state index contributed by atoms with van der Waals surface area (Å²) in [5, 5.41) is 0. The highest BCUT2D eigenvalue weighted by molar-refractivity contribution is 9.10. The van der Waals surface area contributed by atoms with Crippen molar-refractivity contribution < 1.29 is 8.42 Å². The Bertz CT molecular complexity index is 674. The monoisotopic (exact) mass is 339 g/mol. The minimum Gasteiger partial charge on any atom is -0.398 e. The lowest BCUT2D eigenvalue weighted by atomic mass is 10.2. The minimum atomic E-state index is -3.39. The van der Waals surface area contributed by atoms with E-state index in [1.807, 2.05) is 6.92 Å². The van der Waals surface area contributed by atoms with Crippen LogP contribution in [-0.4, -0.2) is 8.42 Å². The molecule has 0 unspecified atom stereocenters. The first-order valence-electron chi connectivity index (χ1n) is 5.72. The Morgan fingerprint density at radius 3 is 2.32 bits per heavy atom. The quantitative estimate of drug-likeness (QED) is 0.872. The van der Waals surface area contributed by atoms with Gasteiger partial charge in [0.15, 0.2) is 9.84 Å². The molecule has 0 fully saturated rings. The summed E-state index contributed by atoms with van der Waals surface area (Å²) in [6.07, 6.45) is 0. The van der Waals surface area contributed by atoms with Gasteiger partial charge in [0.2, 0.25) is 0 Å². The van der Waals surface area contributed by atoms with Gasteiger partial charge in [-0.2, -0.15) is 0 Å². The van der Waals surface area contributed by atoms with Crippen molar-refractivity contribution in [3.05, 3.63) is 58.1 Å². The standard InChI is InChI=1S/C14H14BrNO2S/c1-10-5-7-11(8-6-10)19(17,18)9-12-13(15)3-2-4-14(12)16/h2-8H,9,16H2,1H3. The van der Waals surface area contributed by atoms with Crippen LogP contribution < -0.4 is 5.73 Å². The fourth-order valence-corrected chi connectivity index (χ4v) is 3.87. The molecular formula is C14H14BrNO2S. The largest absolute Gasteiger partial charge is 0.398 e. The Labute approximate surface area is 121 Å². The molecule has 19 heavy (non-hydrogen) atoms. The fourth-order valence-electron chi connectivity index (χ4n) is 1.75. The highest BCUT2D eigenvalue weighted by Gasteiger charge is 2.18. The Balaban J connectivity index is 2.39. The Kier molecular flexibility index (Phi) is 3.96. The van der Waals surface area contributed by atoms with Crippen LogP contribution in [0, 0.1) is 6.92 Å². The molecule has 0 bridgehead atoms. The zero-order valence-corrected chi connectivity index (χ0v) is 12.8. The molecule has 5 heteroatoms. The summed E-state index contributed by atoms with van der Waals surface area (Å²) in [7, 11) is -3.39. The van der Waals surface area contributed by atoms with Gasteiger partial charge < -0.3 is 5.73 Å². The van der Waals surface area contributed by atoms with Gasteiger partial charge in [-0.15, -0.1) is 0 Å². The van der Waals surface area contributed by atoms with Gasteiger partial charge >= 0.3 is 0 Å². The molecule has 2 N–H and O–H groups in total. The number of benzene rings is 2. The molecule has 3 nitrogen and oxygen atoms in total. The molecule has 0 saturated carbocycles. The van der Waals surface area contributed by atoms with Crippen LogP contribution in [0.2, 0.25) is 0 Å². The molecule has 2 aromatic carbocycles. The Hall–Kier alpha value is -1.33. The highest BCUT2D eigenvalue weighted by atomic mass is 79.9. The third-order valence-corrected chi connectivity index (χ3v) is 5.27. The van der Waals surface area contributed by atoms with Gasteiger partial charge in [0.1, 0.15) is 0 Å². The number of hydrogen-bond acceptors (Lipinski definition) is 3. The third kappa shape index (κ3) is 3.16. The van der Waals surface area contributed by atoms with Crippen LogP contribution in [-0.2, 0) is 15.6 Å². The van der Waals surface area contributed by atoms with E-state index in [2.05, 4.69) is 15.9 Å². The predicted molar refractivity (Wildman–Crippen MR) is 80.6 cm³/mol. The van der Waals surface area contributed by atoms with Crippen molar-refractivity contribution in [2.45, 2.75) is 17.6 Å². The lowest BCUT2D eigenvalue weighted by Crippen LogP contribution is -2.07. The molecule has 0 heterocycles. The number of nitrogens with two attached hydrogens (primary N) is 1. The summed E-state index contributed by atoms with van der Waals surface area (Å²) in [6.45, 7) is 1.92. The van der Waals surface area contributed by atoms with Crippen molar-refractivity contribution in [2.75, 3.05) is 5.73 Å². The van der Waals surface area contributed by atoms with E-state index >= 15 is 0 Å². The van der Waals surface area contributed by atoms with Crippen LogP contribution in [0.5, 0.6) is 0 Å². The van der Waals surface area contributed by atoms with E-state index < -0.39 is 9.84 Å². The molecule has 0 radical (unpaired) electrons. The summed E-state index contributed by atoms with van der Waals surface area (Å²) >= 11 is 3.34. The van der Waals surface area contributed by atoms with E-state index in [4.69, 9.17) is 5.73 Å². The number of hydrogen-bond donors (Lipinski definition) is 1. The normalized spacial score (nSPS) is 11.5. The number of aryl methyl sites for hydroxylation is 1. The number of anilines is 1. The van der Waals surface area contributed by atoms with Crippen LogP contribution in [0.3, 0.4) is 0 Å². The van der Waals surface area contributed by atoms with E-state index in [0.29, 0.717) is 20.6 Å². The number of nitrogen functional groups attached to an aromatic ring is 1. The molecular weight excluding hydrogens is 326 g/mol. The lowest BCUT2D eigenvalue weighted by molar-refractivity contribution is 0.595. The SMILES string of the molecule is Cc1ccc(S(=O)(=O)Cc2c(N)cccc2Br)cc1. The maximum absolute atomic E-state index is 12.3. The topological polar surface area (TPSA) is 60.2 Å². The van der Waals surface area contributed by atoms with E-state index in [1.54, 1.807) is 42.5 Å². The molecule has 0 aliphatic carbocycles. The fraction of sp³-hybridized carbons (Fsp3) is 0.143. The summed E-state index contributed by atoms with van der Waals surface area (Å²) in [5.74, 6) is -0.108. The van der Waals surface area contributed by atoms with E-state index in [1.165, 1.54) is 0 Å². The summed E-state index contributed by atoms with van der Waals surface area (Å²) in [4.78, 5) is 0.313. The van der Waals surface area contributed by atoms with Crippen LogP contribution >= 0.6 is 15.9 Å². The van der Waals surface area contributed by atoms with Crippen molar-refractivity contribution in [1.82, 2.24) is 0 Å². The van der Waals surface area contributed by atoms with Gasteiger partial charge in [-0.3, -0.25) is 0 Å². The zero-order chi connectivity index (χ0) is 14.0. The van der Waals surface area contributed by atoms with Gasteiger partial charge in [-0.1, -0.05) is 39.7 Å². The molecule has 0 atom stereocenters. The van der Waals surface area contributed by atoms with Crippen molar-refractivity contribution in [3.8, 4) is 0 Å². The maximum atomic E-state index is 12.3. The van der Waals surface area contributed by atoms with Crippen LogP contribution in [0.4, 0.5) is 5.69 Å². The lowest BCUT2D eigenvalue weighted by Gasteiger charge is -2.09. The molecule has 2 aromatic rings. The molecule has 0 aliphatic heterocycles. The van der Waals surface area contributed by atoms with Crippen LogP contribution in [0.1, 0.15) is 11.1 Å². The molecule has 100 valence electrons. The van der Waals surface area contributed by atoms with Gasteiger partial charge in [-0.25, -0.2) is 8.42 Å². The van der Waals surface area contributed by atoms with Crippen molar-refractivity contribution in [3.63, 3.8) is 0 Å². The Morgan fingerprint density at radius 1 is 1.11 bits per heavy atom. The van der Waals surface area contributed by atoms with Crippen molar-refractivity contribution >= 4 is 31.5 Å². The average Bonchev–Trinajstić information content (AvgIpc) is 2.35. The molecule has 0 saturated heterocycles. The second-order valence-corrected chi connectivity index (χ2v) is 7.22. The van der Waals surface area contributed by atoms with Gasteiger partial charge in [0.25, 0.3) is 0 Å². The van der Waals surface area contributed by atoms with E-state index in [-0.39, 0.29) is 5.75 Å². The molecule has 0 aromatic heterocycles. The number of halogens is 1. The van der Waals surface area contributed by atoms with Crippen LogP contribution in [0.15, 0.2) is 51.8 Å². The zero-order valence-electron chi connectivity index (χ0n) is 10.4. The van der Waals surface area contributed by atoms with Crippen LogP contribution in [0.25, 0.3) is 0 Å². The van der Waals surface area contributed by atoms with Gasteiger partial charge in [0, 0.05) is 15.7 Å². The predicted octanol–water partition coefficient (Wildman–Crippen LogP) is 3.31. The third-order valence-electron chi connectivity index (χ3n) is 2.87. The van der Waals surface area contributed by atoms with Gasteiger partial charge in [-0.05, 0) is 31.2 Å². The molecule has 0 aliphatic rings. The number of rotatable bonds is 3. The first kappa shape index (κ1) is 14.1. The summed E-state index contributed by atoms with van der Waals surface area (Å²) in [5.41, 5.74) is 7.94. The van der Waals surface area contributed by atoms with E-state index in [0.717, 1.165) is 5.56 Å². The Morgan fingerprint density at radius 2 is 1.74 bits per heavy atom. The highest BCUT2D eigenvalue weighted by Crippen LogP contribution is 2.27. The van der Waals surface area contributed by atoms with E-state index in [9.17, 15) is 8.42 Å². The van der Waals surface area contributed by atoms with Crippen molar-refractivity contribution in [2.24, 2.45) is 0 Å². The summed E-state index contributed by atoms with van der Waals surface area (Å²) in [6, 6.07) is 12.1. The van der Waals surface area contributed by atoms with Crippen molar-refractivity contribution in [1.29, 1.82) is 0 Å². The minimum absolute atomic E-state index is 0.108. The maximum Gasteiger partial charge on any atom is 0.182 e. The second-order valence-electron chi connectivity index (χ2n) is 4.38. The number of sulfone groups is 1. The van der Waals surface area contributed by atoms with Gasteiger partial charge in [0.05, 0.1) is 10.6 Å². The first-order valence-corrected chi connectivity index (χ1v) is 8.17. The molecule has 2 rings (SSSR count). The second kappa shape index (κ2) is 5.35. The first-order chi connectivity index (χ1) is 8.90.